The molecule has 3 N–H and O–H groups in total. The first kappa shape index (κ1) is 23.7. The van der Waals surface area contributed by atoms with E-state index in [0.29, 0.717) is 38.1 Å². The lowest BCUT2D eigenvalue weighted by Crippen LogP contribution is -2.39. The van der Waals surface area contributed by atoms with Crippen molar-refractivity contribution >= 4 is 23.2 Å². The van der Waals surface area contributed by atoms with Gasteiger partial charge in [-0.25, -0.2) is 0 Å². The van der Waals surface area contributed by atoms with Gasteiger partial charge in [0.05, 0.1) is 11.8 Å². The van der Waals surface area contributed by atoms with Crippen molar-refractivity contribution in [3.05, 3.63) is 24.3 Å². The largest absolute Gasteiger partial charge is 0.391 e. The van der Waals surface area contributed by atoms with Gasteiger partial charge in [0, 0.05) is 50.0 Å². The Morgan fingerprint density at radius 1 is 1.03 bits per heavy atom. The van der Waals surface area contributed by atoms with Crippen LogP contribution in [0.3, 0.4) is 0 Å². The maximum atomic E-state index is 12.9. The molecule has 1 saturated carbocycles. The van der Waals surface area contributed by atoms with Crippen LogP contribution in [0.4, 0.5) is 24.5 Å². The average Bonchev–Trinajstić information content (AvgIpc) is 3.25. The molecule has 3 aliphatic rings. The number of hydrogen-bond acceptors (Lipinski definition) is 4. The quantitative estimate of drug-likeness (QED) is 0.598. The molecule has 1 atom stereocenters. The van der Waals surface area contributed by atoms with Crippen LogP contribution in [-0.4, -0.2) is 50.2 Å². The molecule has 0 bridgehead atoms. The molecule has 3 fully saturated rings. The normalized spacial score (nSPS) is 26.7. The van der Waals surface area contributed by atoms with Gasteiger partial charge in [0.2, 0.25) is 11.8 Å². The van der Waals surface area contributed by atoms with Crippen LogP contribution in [0, 0.1) is 17.8 Å². The zero-order valence-electron chi connectivity index (χ0n) is 18.8. The molecule has 6 nitrogen and oxygen atoms in total. The highest BCUT2D eigenvalue weighted by Gasteiger charge is 2.41. The molecule has 9 heteroatoms. The summed E-state index contributed by atoms with van der Waals surface area (Å²) in [6.07, 6.45) is 0.628. The monoisotopic (exact) mass is 466 g/mol. The van der Waals surface area contributed by atoms with Gasteiger partial charge in [0.25, 0.3) is 0 Å². The van der Waals surface area contributed by atoms with Crippen molar-refractivity contribution in [1.29, 1.82) is 0 Å². The van der Waals surface area contributed by atoms with Gasteiger partial charge in [-0.15, -0.1) is 0 Å². The molecule has 1 aliphatic carbocycles. The number of carbonyl (C=O) groups excluding carboxylic acids is 2. The zero-order chi connectivity index (χ0) is 23.4. The molecule has 0 spiro atoms. The second kappa shape index (κ2) is 10.2. The number of carbonyl (C=O) groups is 2. The van der Waals surface area contributed by atoms with Crippen LogP contribution in [0.2, 0.25) is 0 Å². The van der Waals surface area contributed by atoms with Crippen molar-refractivity contribution in [3.8, 4) is 0 Å². The van der Waals surface area contributed by atoms with Crippen LogP contribution >= 0.6 is 0 Å². The minimum Gasteiger partial charge on any atom is -0.382 e. The second-order valence-electron chi connectivity index (χ2n) is 9.66. The number of nitrogens with one attached hydrogen (secondary N) is 3. The standard InChI is InChI=1S/C24H33F3N4O2/c25-24(26,27)18-9-11-31(12-10-18)21-7-5-20(6-8-21)30-19-3-1-16(2-4-19)14-29-23(33)17-13-22(32)28-15-17/h5-8,16-19,30H,1-4,9-15H2,(H,28,32)(H,29,33). The molecule has 0 radical (unpaired) electrons. The van der Waals surface area contributed by atoms with Crippen LogP contribution in [0.1, 0.15) is 44.9 Å². The number of anilines is 2. The summed E-state index contributed by atoms with van der Waals surface area (Å²) in [5.74, 6) is -1.05. The topological polar surface area (TPSA) is 73.5 Å². The number of alkyl halides is 3. The minimum absolute atomic E-state index is 0.0312. The van der Waals surface area contributed by atoms with E-state index in [1.54, 1.807) is 0 Å². The van der Waals surface area contributed by atoms with Crippen LogP contribution in [0.5, 0.6) is 0 Å². The van der Waals surface area contributed by atoms with Crippen LogP contribution in [0.25, 0.3) is 0 Å². The first-order valence-corrected chi connectivity index (χ1v) is 12.0. The van der Waals surface area contributed by atoms with Gasteiger partial charge in [0.15, 0.2) is 0 Å². The van der Waals surface area contributed by atoms with Crippen molar-refractivity contribution in [2.24, 2.45) is 17.8 Å². The highest BCUT2D eigenvalue weighted by molar-refractivity contribution is 5.89. The summed E-state index contributed by atoms with van der Waals surface area (Å²) in [7, 11) is 0. The Morgan fingerprint density at radius 3 is 2.27 bits per heavy atom. The molecular formula is C24H33F3N4O2. The second-order valence-corrected chi connectivity index (χ2v) is 9.66. The predicted octanol–water partition coefficient (Wildman–Crippen LogP) is 3.69. The van der Waals surface area contributed by atoms with Crippen molar-refractivity contribution in [3.63, 3.8) is 0 Å². The number of amides is 2. The molecule has 182 valence electrons. The molecule has 1 aromatic carbocycles. The summed E-state index contributed by atoms with van der Waals surface area (Å²) in [6, 6.07) is 8.37. The highest BCUT2D eigenvalue weighted by Crippen LogP contribution is 2.35. The lowest BCUT2D eigenvalue weighted by molar-refractivity contribution is -0.179. The summed E-state index contributed by atoms with van der Waals surface area (Å²) in [5.41, 5.74) is 2.00. The van der Waals surface area contributed by atoms with Crippen LogP contribution in [-0.2, 0) is 9.59 Å². The summed E-state index contributed by atoms with van der Waals surface area (Å²) in [6.45, 7) is 1.97. The number of benzene rings is 1. The Hall–Kier alpha value is -2.45. The lowest BCUT2D eigenvalue weighted by atomic mass is 9.85. The van der Waals surface area contributed by atoms with Crippen molar-refractivity contribution in [2.75, 3.05) is 36.4 Å². The van der Waals surface area contributed by atoms with Crippen LogP contribution in [0.15, 0.2) is 24.3 Å². The number of piperidine rings is 1. The Labute approximate surface area is 192 Å². The molecule has 33 heavy (non-hydrogen) atoms. The smallest absolute Gasteiger partial charge is 0.382 e. The van der Waals surface area contributed by atoms with Gasteiger partial charge in [0.1, 0.15) is 0 Å². The Morgan fingerprint density at radius 2 is 1.70 bits per heavy atom. The maximum Gasteiger partial charge on any atom is 0.391 e. The molecule has 2 aliphatic heterocycles. The molecule has 4 rings (SSSR count). The molecule has 0 aromatic heterocycles. The van der Waals surface area contributed by atoms with E-state index in [9.17, 15) is 22.8 Å². The Balaban J connectivity index is 1.16. The first-order valence-electron chi connectivity index (χ1n) is 12.0. The van der Waals surface area contributed by atoms with E-state index in [4.69, 9.17) is 0 Å². The molecular weight excluding hydrogens is 433 g/mol. The van der Waals surface area contributed by atoms with Crippen molar-refractivity contribution < 1.29 is 22.8 Å². The number of halogens is 3. The van der Waals surface area contributed by atoms with Gasteiger partial charge < -0.3 is 20.9 Å². The van der Waals surface area contributed by atoms with Crippen molar-refractivity contribution in [2.45, 2.75) is 57.2 Å². The highest BCUT2D eigenvalue weighted by atomic mass is 19.4. The summed E-state index contributed by atoms with van der Waals surface area (Å²) in [5, 5.41) is 9.28. The molecule has 1 unspecified atom stereocenters. The van der Waals surface area contributed by atoms with E-state index in [2.05, 4.69) is 16.0 Å². The molecule has 2 heterocycles. The third-order valence-corrected chi connectivity index (χ3v) is 7.32. The first-order chi connectivity index (χ1) is 15.8. The fourth-order valence-corrected chi connectivity index (χ4v) is 5.16. The van der Waals surface area contributed by atoms with Gasteiger partial charge in [-0.05, 0) is 68.7 Å². The number of nitrogens with zero attached hydrogens (tertiary/aromatic N) is 1. The summed E-state index contributed by atoms with van der Waals surface area (Å²) < 4.78 is 38.6. The lowest BCUT2D eigenvalue weighted by Gasteiger charge is -2.34. The van der Waals surface area contributed by atoms with Gasteiger partial charge in [-0.2, -0.15) is 13.2 Å². The summed E-state index contributed by atoms with van der Waals surface area (Å²) >= 11 is 0. The minimum atomic E-state index is -4.08. The van der Waals surface area contributed by atoms with E-state index in [-0.39, 0.29) is 37.0 Å². The fraction of sp³-hybridized carbons (Fsp3) is 0.667. The number of rotatable bonds is 6. The molecule has 2 saturated heterocycles. The predicted molar refractivity (Wildman–Crippen MR) is 121 cm³/mol. The van der Waals surface area contributed by atoms with E-state index in [0.717, 1.165) is 37.1 Å². The average molecular weight is 467 g/mol. The van der Waals surface area contributed by atoms with E-state index < -0.39 is 12.1 Å². The van der Waals surface area contributed by atoms with Crippen LogP contribution < -0.4 is 20.9 Å². The Bertz CT molecular complexity index is 814. The van der Waals surface area contributed by atoms with Gasteiger partial charge in [-0.3, -0.25) is 9.59 Å². The SMILES string of the molecule is O=C1CC(C(=O)NCC2CCC(Nc3ccc(N4CCC(C(F)(F)F)CC4)cc3)CC2)CN1. The van der Waals surface area contributed by atoms with Gasteiger partial charge in [-0.1, -0.05) is 0 Å². The fourth-order valence-electron chi connectivity index (χ4n) is 5.16. The maximum absolute atomic E-state index is 12.9. The van der Waals surface area contributed by atoms with E-state index >= 15 is 0 Å². The molecule has 1 aromatic rings. The third kappa shape index (κ3) is 6.32. The van der Waals surface area contributed by atoms with E-state index in [1.807, 2.05) is 29.2 Å². The van der Waals surface area contributed by atoms with Gasteiger partial charge >= 0.3 is 6.18 Å². The van der Waals surface area contributed by atoms with E-state index in [1.165, 1.54) is 0 Å². The van der Waals surface area contributed by atoms with Crippen molar-refractivity contribution in [1.82, 2.24) is 10.6 Å². The summed E-state index contributed by atoms with van der Waals surface area (Å²) in [4.78, 5) is 25.5. The number of hydrogen-bond donors (Lipinski definition) is 3. The third-order valence-electron chi connectivity index (χ3n) is 7.32. The molecule has 2 amide bonds. The Kier molecular flexibility index (Phi) is 7.34. The zero-order valence-corrected chi connectivity index (χ0v) is 18.8.